The van der Waals surface area contributed by atoms with Gasteiger partial charge in [-0.05, 0) is 68.9 Å². The van der Waals surface area contributed by atoms with E-state index in [-0.39, 0.29) is 12.6 Å². The summed E-state index contributed by atoms with van der Waals surface area (Å²) >= 11 is 0.851. The minimum Gasteiger partial charge on any atom is -0.494 e. The number of rotatable bonds is 7. The number of hydrogen-bond donors (Lipinski definition) is 1. The van der Waals surface area contributed by atoms with Crippen molar-refractivity contribution >= 4 is 51.5 Å². The number of nitrogens with one attached hydrogen (secondary N) is 1. The molecule has 7 nitrogen and oxygen atoms in total. The van der Waals surface area contributed by atoms with Crippen LogP contribution in [0.5, 0.6) is 5.75 Å². The van der Waals surface area contributed by atoms with Crippen molar-refractivity contribution in [3.8, 4) is 5.75 Å². The van der Waals surface area contributed by atoms with Crippen LogP contribution < -0.4 is 10.1 Å². The molecule has 0 unspecified atom stereocenters. The second-order valence-electron chi connectivity index (χ2n) is 7.88. The van der Waals surface area contributed by atoms with Crippen LogP contribution in [0, 0.1) is 0 Å². The van der Waals surface area contributed by atoms with Gasteiger partial charge >= 0.3 is 0 Å². The van der Waals surface area contributed by atoms with Crippen LogP contribution in [0.3, 0.4) is 0 Å². The van der Waals surface area contributed by atoms with Gasteiger partial charge in [-0.1, -0.05) is 18.2 Å². The SMILES string of the molecule is CCOc1ccc(NC(=O)CN2C(=O)S/C(=C/c3cn(C(C)C)c4ccccc34)C2=O)cc1. The molecule has 2 aromatic carbocycles. The fourth-order valence-electron chi connectivity index (χ4n) is 3.70. The highest BCUT2D eigenvalue weighted by Gasteiger charge is 2.36. The number of aromatic nitrogens is 1. The molecule has 4 rings (SSSR count). The lowest BCUT2D eigenvalue weighted by Gasteiger charge is -2.12. The first-order chi connectivity index (χ1) is 15.9. The Morgan fingerprint density at radius 2 is 1.85 bits per heavy atom. The smallest absolute Gasteiger partial charge is 0.294 e. The van der Waals surface area contributed by atoms with Gasteiger partial charge in [-0.3, -0.25) is 19.3 Å². The van der Waals surface area contributed by atoms with E-state index >= 15 is 0 Å². The van der Waals surface area contributed by atoms with Crippen LogP contribution in [-0.4, -0.2) is 39.7 Å². The van der Waals surface area contributed by atoms with Crippen LogP contribution in [0.1, 0.15) is 32.4 Å². The molecule has 3 amide bonds. The summed E-state index contributed by atoms with van der Waals surface area (Å²) in [7, 11) is 0. The predicted octanol–water partition coefficient (Wildman–Crippen LogP) is 5.30. The molecular formula is C25H25N3O4S. The van der Waals surface area contributed by atoms with Crippen molar-refractivity contribution in [1.29, 1.82) is 0 Å². The Morgan fingerprint density at radius 3 is 2.55 bits per heavy atom. The normalized spacial score (nSPS) is 15.2. The van der Waals surface area contributed by atoms with Gasteiger partial charge in [0.2, 0.25) is 5.91 Å². The average Bonchev–Trinajstić information content (AvgIpc) is 3.28. The standard InChI is InChI=1S/C25H25N3O4S/c1-4-32-19-11-9-18(10-12-19)26-23(29)15-28-24(30)22(33-25(28)31)13-17-14-27(16(2)3)21-8-6-5-7-20(17)21/h5-14,16H,4,15H2,1-3H3,(H,26,29)/b22-13+. The zero-order valence-corrected chi connectivity index (χ0v) is 19.5. The van der Waals surface area contributed by atoms with Gasteiger partial charge in [0.05, 0.1) is 11.5 Å². The highest BCUT2D eigenvalue weighted by atomic mass is 32.2. The molecule has 3 aromatic rings. The summed E-state index contributed by atoms with van der Waals surface area (Å²) in [4.78, 5) is 39.2. The zero-order valence-electron chi connectivity index (χ0n) is 18.7. The van der Waals surface area contributed by atoms with E-state index in [1.54, 1.807) is 30.3 Å². The fraction of sp³-hybridized carbons (Fsp3) is 0.240. The highest BCUT2D eigenvalue weighted by molar-refractivity contribution is 8.18. The lowest BCUT2D eigenvalue weighted by molar-refractivity contribution is -0.127. The van der Waals surface area contributed by atoms with Crippen LogP contribution in [0.4, 0.5) is 10.5 Å². The van der Waals surface area contributed by atoms with Crippen molar-refractivity contribution in [2.45, 2.75) is 26.8 Å². The largest absolute Gasteiger partial charge is 0.494 e. The van der Waals surface area contributed by atoms with Gasteiger partial charge in [0.15, 0.2) is 0 Å². The molecule has 0 spiro atoms. The number of hydrogen-bond acceptors (Lipinski definition) is 5. The molecule has 8 heteroatoms. The molecular weight excluding hydrogens is 438 g/mol. The van der Waals surface area contributed by atoms with E-state index in [0.29, 0.717) is 22.9 Å². The number of imide groups is 1. The van der Waals surface area contributed by atoms with Gasteiger partial charge in [-0.15, -0.1) is 0 Å². The molecule has 1 N–H and O–H groups in total. The third-order valence-electron chi connectivity index (χ3n) is 5.24. The molecule has 0 radical (unpaired) electrons. The quantitative estimate of drug-likeness (QED) is 0.481. The van der Waals surface area contributed by atoms with Gasteiger partial charge in [0.25, 0.3) is 11.1 Å². The summed E-state index contributed by atoms with van der Waals surface area (Å²) in [6, 6.07) is 15.1. The Labute approximate surface area is 196 Å². The van der Waals surface area contributed by atoms with Gasteiger partial charge < -0.3 is 14.6 Å². The van der Waals surface area contributed by atoms with Gasteiger partial charge in [-0.2, -0.15) is 0 Å². The molecule has 0 atom stereocenters. The number of fused-ring (bicyclic) bond motifs is 1. The van der Waals surface area contributed by atoms with E-state index in [9.17, 15) is 14.4 Å². The van der Waals surface area contributed by atoms with Crippen molar-refractivity contribution in [2.24, 2.45) is 0 Å². The van der Waals surface area contributed by atoms with Gasteiger partial charge in [0.1, 0.15) is 12.3 Å². The van der Waals surface area contributed by atoms with Gasteiger partial charge in [-0.25, -0.2) is 0 Å². The average molecular weight is 464 g/mol. The lowest BCUT2D eigenvalue weighted by Crippen LogP contribution is -2.36. The summed E-state index contributed by atoms with van der Waals surface area (Å²) in [5.41, 5.74) is 2.49. The molecule has 1 aromatic heterocycles. The van der Waals surface area contributed by atoms with E-state index in [1.807, 2.05) is 37.4 Å². The van der Waals surface area contributed by atoms with E-state index < -0.39 is 17.1 Å². The molecule has 0 aliphatic carbocycles. The first-order valence-corrected chi connectivity index (χ1v) is 11.6. The van der Waals surface area contributed by atoms with E-state index in [2.05, 4.69) is 23.7 Å². The highest BCUT2D eigenvalue weighted by Crippen LogP contribution is 2.34. The summed E-state index contributed by atoms with van der Waals surface area (Å²) in [6.45, 7) is 6.28. The maximum Gasteiger partial charge on any atom is 0.294 e. The molecule has 0 bridgehead atoms. The number of ether oxygens (including phenoxy) is 1. The van der Waals surface area contributed by atoms with Crippen molar-refractivity contribution in [3.05, 3.63) is 65.2 Å². The minimum atomic E-state index is -0.465. The number of para-hydroxylation sites is 1. The third-order valence-corrected chi connectivity index (χ3v) is 6.15. The van der Waals surface area contributed by atoms with Crippen molar-refractivity contribution in [1.82, 2.24) is 9.47 Å². The van der Waals surface area contributed by atoms with Crippen molar-refractivity contribution < 1.29 is 19.1 Å². The zero-order chi connectivity index (χ0) is 23.5. The first kappa shape index (κ1) is 22.7. The predicted molar refractivity (Wildman–Crippen MR) is 131 cm³/mol. The molecule has 1 aliphatic heterocycles. The molecule has 2 heterocycles. The summed E-state index contributed by atoms with van der Waals surface area (Å²) in [5.74, 6) is -0.210. The molecule has 0 saturated carbocycles. The van der Waals surface area contributed by atoms with Crippen molar-refractivity contribution in [3.63, 3.8) is 0 Å². The monoisotopic (exact) mass is 463 g/mol. The van der Waals surface area contributed by atoms with E-state index in [4.69, 9.17) is 4.74 Å². The second kappa shape index (κ2) is 9.54. The minimum absolute atomic E-state index is 0.249. The number of anilines is 1. The Morgan fingerprint density at radius 1 is 1.12 bits per heavy atom. The number of amides is 3. The number of thioether (sulfide) groups is 1. The Bertz CT molecular complexity index is 1240. The molecule has 33 heavy (non-hydrogen) atoms. The molecule has 1 saturated heterocycles. The fourth-order valence-corrected chi connectivity index (χ4v) is 4.53. The lowest BCUT2D eigenvalue weighted by atomic mass is 10.1. The second-order valence-corrected chi connectivity index (χ2v) is 8.87. The number of nitrogens with zero attached hydrogens (tertiary/aromatic N) is 2. The summed E-state index contributed by atoms with van der Waals surface area (Å²) < 4.78 is 7.52. The first-order valence-electron chi connectivity index (χ1n) is 10.7. The van der Waals surface area contributed by atoms with Crippen LogP contribution in [0.25, 0.3) is 17.0 Å². The Kier molecular flexibility index (Phi) is 6.55. The molecule has 1 aliphatic rings. The number of carbonyl (C=O) groups excluding carboxylic acids is 3. The maximum atomic E-state index is 12.9. The molecule has 170 valence electrons. The Hall–Kier alpha value is -3.52. The van der Waals surface area contributed by atoms with Crippen LogP contribution in [0.2, 0.25) is 0 Å². The van der Waals surface area contributed by atoms with Crippen molar-refractivity contribution in [2.75, 3.05) is 18.5 Å². The topological polar surface area (TPSA) is 80.6 Å². The van der Waals surface area contributed by atoms with Crippen LogP contribution in [-0.2, 0) is 9.59 Å². The van der Waals surface area contributed by atoms with Crippen LogP contribution in [0.15, 0.2) is 59.6 Å². The van der Waals surface area contributed by atoms with E-state index in [0.717, 1.165) is 33.1 Å². The van der Waals surface area contributed by atoms with E-state index in [1.165, 1.54) is 0 Å². The number of benzene rings is 2. The van der Waals surface area contributed by atoms with Gasteiger partial charge in [0, 0.05) is 34.4 Å². The summed E-state index contributed by atoms with van der Waals surface area (Å²) in [5, 5.41) is 3.26. The third kappa shape index (κ3) is 4.80. The number of carbonyl (C=O) groups is 3. The molecule has 1 fully saturated rings. The van der Waals surface area contributed by atoms with Crippen LogP contribution >= 0.6 is 11.8 Å². The maximum absolute atomic E-state index is 12.9. The summed E-state index contributed by atoms with van der Waals surface area (Å²) in [6.07, 6.45) is 3.72. The Balaban J connectivity index is 1.49.